The molecule has 0 spiro atoms. The number of hydrogen-bond acceptors (Lipinski definition) is 5. The third kappa shape index (κ3) is 4.59. The first-order valence-corrected chi connectivity index (χ1v) is 8.94. The molecule has 1 heterocycles. The monoisotopic (exact) mass is 389 g/mol. The van der Waals surface area contributed by atoms with Gasteiger partial charge in [-0.25, -0.2) is 4.79 Å². The van der Waals surface area contributed by atoms with E-state index in [1.807, 2.05) is 6.07 Å². The van der Waals surface area contributed by atoms with E-state index >= 15 is 0 Å². The maximum absolute atomic E-state index is 13.0. The van der Waals surface area contributed by atoms with Crippen molar-refractivity contribution in [2.75, 3.05) is 33.4 Å². The number of esters is 1. The fraction of sp³-hybridized carbons (Fsp3) is 0.300. The highest BCUT2D eigenvalue weighted by molar-refractivity contribution is 6.31. The molecule has 0 aliphatic carbocycles. The van der Waals surface area contributed by atoms with Crippen LogP contribution in [0.15, 0.2) is 48.5 Å². The summed E-state index contributed by atoms with van der Waals surface area (Å²) in [7, 11) is 1.45. The summed E-state index contributed by atoms with van der Waals surface area (Å²) in [5.74, 6) is -0.626. The first-order valence-electron chi connectivity index (χ1n) is 8.56. The zero-order chi connectivity index (χ0) is 19.2. The van der Waals surface area contributed by atoms with Crippen molar-refractivity contribution in [2.45, 2.75) is 6.10 Å². The van der Waals surface area contributed by atoms with Crippen molar-refractivity contribution < 1.29 is 23.8 Å². The van der Waals surface area contributed by atoms with E-state index < -0.39 is 12.1 Å². The molecule has 0 radical (unpaired) electrons. The third-order valence-electron chi connectivity index (χ3n) is 4.26. The summed E-state index contributed by atoms with van der Waals surface area (Å²) in [5, 5.41) is 0.374. The van der Waals surface area contributed by atoms with Crippen molar-refractivity contribution in [3.8, 4) is 5.75 Å². The molecule has 1 aliphatic heterocycles. The second-order valence-corrected chi connectivity index (χ2v) is 6.41. The number of nitrogens with zero attached hydrogens (tertiary/aromatic N) is 1. The Labute approximate surface area is 162 Å². The third-order valence-corrected chi connectivity index (χ3v) is 4.49. The Kier molecular flexibility index (Phi) is 6.32. The van der Waals surface area contributed by atoms with Crippen molar-refractivity contribution in [3.05, 3.63) is 64.7 Å². The molecule has 2 aromatic carbocycles. The van der Waals surface area contributed by atoms with E-state index in [9.17, 15) is 9.59 Å². The SMILES string of the molecule is COc1ccc(Cl)cc1C(=O)OC(C(=O)N1CCOCC1)c1ccccc1. The fourth-order valence-electron chi connectivity index (χ4n) is 2.85. The molecule has 0 N–H and O–H groups in total. The summed E-state index contributed by atoms with van der Waals surface area (Å²) in [6, 6.07) is 13.6. The van der Waals surface area contributed by atoms with Gasteiger partial charge in [-0.3, -0.25) is 4.79 Å². The molecule has 1 atom stereocenters. The molecule has 1 amide bonds. The highest BCUT2D eigenvalue weighted by Crippen LogP contribution is 2.27. The van der Waals surface area contributed by atoms with Gasteiger partial charge in [-0.1, -0.05) is 41.9 Å². The standard InChI is InChI=1S/C20H20ClNO5/c1-25-17-8-7-15(21)13-16(17)20(24)27-18(14-5-3-2-4-6-14)19(23)22-9-11-26-12-10-22/h2-8,13,18H,9-12H2,1H3. The van der Waals surface area contributed by atoms with Crippen LogP contribution in [-0.4, -0.2) is 50.2 Å². The Balaban J connectivity index is 1.88. The van der Waals surface area contributed by atoms with Crippen LogP contribution < -0.4 is 4.74 Å². The maximum atomic E-state index is 13.0. The van der Waals surface area contributed by atoms with E-state index in [1.165, 1.54) is 13.2 Å². The van der Waals surface area contributed by atoms with Gasteiger partial charge < -0.3 is 19.1 Å². The first kappa shape index (κ1) is 19.2. The quantitative estimate of drug-likeness (QED) is 0.735. The number of rotatable bonds is 5. The summed E-state index contributed by atoms with van der Waals surface area (Å²) < 4.78 is 16.1. The molecule has 27 heavy (non-hydrogen) atoms. The Morgan fingerprint density at radius 3 is 2.48 bits per heavy atom. The van der Waals surface area contributed by atoms with Crippen LogP contribution in [0.2, 0.25) is 5.02 Å². The average molecular weight is 390 g/mol. The van der Waals surface area contributed by atoms with Gasteiger partial charge in [0.15, 0.2) is 0 Å². The normalized spacial score (nSPS) is 15.1. The summed E-state index contributed by atoms with van der Waals surface area (Å²) in [5.41, 5.74) is 0.768. The van der Waals surface area contributed by atoms with Gasteiger partial charge in [-0.15, -0.1) is 0 Å². The lowest BCUT2D eigenvalue weighted by Gasteiger charge is -2.30. The zero-order valence-electron chi connectivity index (χ0n) is 14.9. The number of amides is 1. The van der Waals surface area contributed by atoms with Gasteiger partial charge in [-0.2, -0.15) is 0 Å². The van der Waals surface area contributed by atoms with Gasteiger partial charge in [0, 0.05) is 23.7 Å². The number of methoxy groups -OCH3 is 1. The van der Waals surface area contributed by atoms with Gasteiger partial charge in [0.2, 0.25) is 6.10 Å². The van der Waals surface area contributed by atoms with E-state index in [0.29, 0.717) is 42.6 Å². The van der Waals surface area contributed by atoms with Crippen LogP contribution in [0, 0.1) is 0 Å². The number of carbonyl (C=O) groups is 2. The topological polar surface area (TPSA) is 65.1 Å². The molecular weight excluding hydrogens is 370 g/mol. The number of halogens is 1. The van der Waals surface area contributed by atoms with Crippen LogP contribution in [0.5, 0.6) is 5.75 Å². The summed E-state index contributed by atoms with van der Waals surface area (Å²) >= 11 is 6.00. The summed E-state index contributed by atoms with van der Waals surface area (Å²) in [4.78, 5) is 27.5. The lowest BCUT2D eigenvalue weighted by molar-refractivity contribution is -0.145. The molecule has 1 aliphatic rings. The fourth-order valence-corrected chi connectivity index (χ4v) is 3.02. The molecule has 1 fully saturated rings. The van der Waals surface area contributed by atoms with E-state index in [4.69, 9.17) is 25.8 Å². The van der Waals surface area contributed by atoms with Crippen LogP contribution in [0.25, 0.3) is 0 Å². The first-order chi connectivity index (χ1) is 13.1. The van der Waals surface area contributed by atoms with Crippen LogP contribution in [0.3, 0.4) is 0 Å². The molecule has 1 saturated heterocycles. The minimum Gasteiger partial charge on any atom is -0.496 e. The van der Waals surface area contributed by atoms with Crippen LogP contribution in [0.1, 0.15) is 22.0 Å². The van der Waals surface area contributed by atoms with E-state index in [1.54, 1.807) is 41.3 Å². The van der Waals surface area contributed by atoms with Crippen molar-refractivity contribution in [1.82, 2.24) is 4.90 Å². The van der Waals surface area contributed by atoms with Crippen LogP contribution in [-0.2, 0) is 14.3 Å². The highest BCUT2D eigenvalue weighted by atomic mass is 35.5. The Bertz CT molecular complexity index is 805. The minimum absolute atomic E-state index is 0.167. The van der Waals surface area contributed by atoms with E-state index in [2.05, 4.69) is 0 Å². The lowest BCUT2D eigenvalue weighted by atomic mass is 10.1. The molecule has 0 saturated carbocycles. The second kappa shape index (κ2) is 8.88. The number of benzene rings is 2. The molecule has 142 valence electrons. The maximum Gasteiger partial charge on any atom is 0.343 e. The molecule has 3 rings (SSSR count). The van der Waals surface area contributed by atoms with Crippen molar-refractivity contribution in [3.63, 3.8) is 0 Å². The second-order valence-electron chi connectivity index (χ2n) is 5.98. The Morgan fingerprint density at radius 1 is 1.11 bits per heavy atom. The number of ether oxygens (including phenoxy) is 3. The lowest BCUT2D eigenvalue weighted by Crippen LogP contribution is -2.44. The van der Waals surface area contributed by atoms with Gasteiger partial charge in [-0.05, 0) is 18.2 Å². The van der Waals surface area contributed by atoms with Crippen LogP contribution >= 0.6 is 11.6 Å². The summed E-state index contributed by atoms with van der Waals surface area (Å²) in [6.07, 6.45) is -1.06. The molecule has 0 bridgehead atoms. The van der Waals surface area contributed by atoms with Gasteiger partial charge in [0.05, 0.1) is 20.3 Å². The number of hydrogen-bond donors (Lipinski definition) is 0. The summed E-state index contributed by atoms with van der Waals surface area (Å²) in [6.45, 7) is 1.84. The van der Waals surface area contributed by atoms with Gasteiger partial charge >= 0.3 is 5.97 Å². The van der Waals surface area contributed by atoms with E-state index in [-0.39, 0.29) is 11.5 Å². The Hall–Kier alpha value is -2.57. The van der Waals surface area contributed by atoms with Crippen molar-refractivity contribution in [2.24, 2.45) is 0 Å². The van der Waals surface area contributed by atoms with Crippen molar-refractivity contribution in [1.29, 1.82) is 0 Å². The number of carbonyl (C=O) groups excluding carboxylic acids is 2. The average Bonchev–Trinajstić information content (AvgIpc) is 2.72. The van der Waals surface area contributed by atoms with Crippen LogP contribution in [0.4, 0.5) is 0 Å². The smallest absolute Gasteiger partial charge is 0.343 e. The number of morpholine rings is 1. The Morgan fingerprint density at radius 2 is 1.81 bits per heavy atom. The molecule has 7 heteroatoms. The highest BCUT2D eigenvalue weighted by Gasteiger charge is 2.31. The molecule has 6 nitrogen and oxygen atoms in total. The minimum atomic E-state index is -1.06. The molecule has 2 aromatic rings. The van der Waals surface area contributed by atoms with E-state index in [0.717, 1.165) is 0 Å². The van der Waals surface area contributed by atoms with Gasteiger partial charge in [0.25, 0.3) is 5.91 Å². The zero-order valence-corrected chi connectivity index (χ0v) is 15.6. The predicted molar refractivity (Wildman–Crippen MR) is 100 cm³/mol. The van der Waals surface area contributed by atoms with Crippen molar-refractivity contribution >= 4 is 23.5 Å². The predicted octanol–water partition coefficient (Wildman–Crippen LogP) is 3.11. The molecule has 0 aromatic heterocycles. The largest absolute Gasteiger partial charge is 0.496 e. The van der Waals surface area contributed by atoms with Gasteiger partial charge in [0.1, 0.15) is 11.3 Å². The molecular formula is C20H20ClNO5. The molecule has 1 unspecified atom stereocenters.